The Balaban J connectivity index is 2.17. The van der Waals surface area contributed by atoms with Crippen LogP contribution in [0.15, 0.2) is 30.3 Å². The smallest absolute Gasteiger partial charge is 0.236 e. The lowest BCUT2D eigenvalue weighted by Gasteiger charge is -2.34. The highest BCUT2D eigenvalue weighted by Gasteiger charge is 2.30. The van der Waals surface area contributed by atoms with Crippen molar-refractivity contribution in [3.8, 4) is 0 Å². The van der Waals surface area contributed by atoms with Gasteiger partial charge in [-0.1, -0.05) is 55.9 Å². The number of thiocarbonyl (C=S) groups is 1. The number of nitrogens with two attached hydrogens (primary N) is 1. The maximum Gasteiger partial charge on any atom is 0.236 e. The summed E-state index contributed by atoms with van der Waals surface area (Å²) in [6, 6.07) is 9.60. The third kappa shape index (κ3) is 3.37. The molecule has 2 N–H and O–H groups in total. The zero-order chi connectivity index (χ0) is 14.5. The highest BCUT2D eigenvalue weighted by Crippen LogP contribution is 2.24. The molecular formula is C16H22N2OS. The number of benzene rings is 1. The first-order chi connectivity index (χ1) is 9.63. The fourth-order valence-electron chi connectivity index (χ4n) is 2.86. The number of carbonyl (C=O) groups is 1. The standard InChI is InChI=1S/C16H22N2OS/c1-2-12-7-6-10-18(11-12)16(19)14(15(17)20)13-8-4-3-5-9-13/h3-5,8-9,12,14H,2,6-7,10-11H2,1H3,(H2,17,20). The van der Waals surface area contributed by atoms with Gasteiger partial charge in [-0.25, -0.2) is 0 Å². The lowest BCUT2D eigenvalue weighted by molar-refractivity contribution is -0.133. The van der Waals surface area contributed by atoms with Gasteiger partial charge in [-0.2, -0.15) is 0 Å². The van der Waals surface area contributed by atoms with E-state index in [0.29, 0.717) is 5.92 Å². The van der Waals surface area contributed by atoms with Crippen molar-refractivity contribution >= 4 is 23.1 Å². The number of rotatable bonds is 4. The van der Waals surface area contributed by atoms with E-state index in [1.54, 1.807) is 0 Å². The van der Waals surface area contributed by atoms with Crippen LogP contribution in [0.2, 0.25) is 0 Å². The summed E-state index contributed by atoms with van der Waals surface area (Å²) >= 11 is 5.13. The number of likely N-dealkylation sites (tertiary alicyclic amines) is 1. The van der Waals surface area contributed by atoms with Gasteiger partial charge < -0.3 is 10.6 Å². The van der Waals surface area contributed by atoms with Crippen molar-refractivity contribution in [2.75, 3.05) is 13.1 Å². The molecule has 3 nitrogen and oxygen atoms in total. The molecule has 0 saturated carbocycles. The highest BCUT2D eigenvalue weighted by molar-refractivity contribution is 7.80. The summed E-state index contributed by atoms with van der Waals surface area (Å²) < 4.78 is 0. The van der Waals surface area contributed by atoms with Gasteiger partial charge in [-0.3, -0.25) is 4.79 Å². The summed E-state index contributed by atoms with van der Waals surface area (Å²) in [5, 5.41) is 0. The highest BCUT2D eigenvalue weighted by atomic mass is 32.1. The van der Waals surface area contributed by atoms with Crippen LogP contribution in [0.4, 0.5) is 0 Å². The Labute approximate surface area is 126 Å². The molecule has 1 amide bonds. The van der Waals surface area contributed by atoms with E-state index in [1.807, 2.05) is 35.2 Å². The Kier molecular flexibility index (Phi) is 5.12. The van der Waals surface area contributed by atoms with Gasteiger partial charge in [-0.05, 0) is 24.3 Å². The number of piperidine rings is 1. The van der Waals surface area contributed by atoms with Crippen LogP contribution < -0.4 is 5.73 Å². The molecule has 0 spiro atoms. The molecule has 0 radical (unpaired) electrons. The zero-order valence-electron chi connectivity index (χ0n) is 11.9. The first kappa shape index (κ1) is 15.0. The second kappa shape index (κ2) is 6.84. The number of hydrogen-bond donors (Lipinski definition) is 1. The molecule has 1 aromatic carbocycles. The number of carbonyl (C=O) groups excluding carboxylic acids is 1. The molecule has 1 fully saturated rings. The Hall–Kier alpha value is -1.42. The molecule has 0 aromatic heterocycles. The van der Waals surface area contributed by atoms with Crippen LogP contribution in [0.3, 0.4) is 0 Å². The Morgan fingerprint density at radius 3 is 2.75 bits per heavy atom. The Bertz CT molecular complexity index is 475. The molecule has 0 bridgehead atoms. The molecule has 1 heterocycles. The molecule has 1 aliphatic heterocycles. The van der Waals surface area contributed by atoms with Crippen molar-refractivity contribution in [2.45, 2.75) is 32.1 Å². The van der Waals surface area contributed by atoms with Crippen LogP contribution in [-0.4, -0.2) is 28.9 Å². The zero-order valence-corrected chi connectivity index (χ0v) is 12.7. The topological polar surface area (TPSA) is 46.3 Å². The van der Waals surface area contributed by atoms with E-state index >= 15 is 0 Å². The van der Waals surface area contributed by atoms with Gasteiger partial charge in [0.25, 0.3) is 0 Å². The summed E-state index contributed by atoms with van der Waals surface area (Å²) in [7, 11) is 0. The fraction of sp³-hybridized carbons (Fsp3) is 0.500. The average Bonchev–Trinajstić information content (AvgIpc) is 2.48. The van der Waals surface area contributed by atoms with E-state index in [2.05, 4.69) is 6.92 Å². The molecule has 0 aliphatic carbocycles. The van der Waals surface area contributed by atoms with E-state index in [-0.39, 0.29) is 10.9 Å². The van der Waals surface area contributed by atoms with Crippen LogP contribution in [0.25, 0.3) is 0 Å². The summed E-state index contributed by atoms with van der Waals surface area (Å²) in [4.78, 5) is 15.0. The van der Waals surface area contributed by atoms with Crippen LogP contribution in [0.1, 0.15) is 37.7 Å². The second-order valence-electron chi connectivity index (χ2n) is 5.45. The summed E-state index contributed by atoms with van der Waals surface area (Å²) in [6.07, 6.45) is 3.40. The molecule has 4 heteroatoms. The summed E-state index contributed by atoms with van der Waals surface area (Å²) in [5.74, 6) is 0.180. The molecule has 20 heavy (non-hydrogen) atoms. The van der Waals surface area contributed by atoms with Gasteiger partial charge in [0.1, 0.15) is 5.92 Å². The minimum Gasteiger partial charge on any atom is -0.392 e. The van der Waals surface area contributed by atoms with E-state index in [9.17, 15) is 4.79 Å². The molecule has 1 aromatic rings. The number of nitrogens with zero attached hydrogens (tertiary/aromatic N) is 1. The van der Waals surface area contributed by atoms with Crippen LogP contribution in [0.5, 0.6) is 0 Å². The van der Waals surface area contributed by atoms with Crippen molar-refractivity contribution in [1.29, 1.82) is 0 Å². The van der Waals surface area contributed by atoms with Crippen molar-refractivity contribution in [2.24, 2.45) is 11.7 Å². The van der Waals surface area contributed by atoms with Gasteiger partial charge in [0.15, 0.2) is 0 Å². The van der Waals surface area contributed by atoms with E-state index in [1.165, 1.54) is 6.42 Å². The summed E-state index contributed by atoms with van der Waals surface area (Å²) in [5.41, 5.74) is 6.72. The number of amides is 1. The lowest BCUT2D eigenvalue weighted by Crippen LogP contribution is -2.44. The van der Waals surface area contributed by atoms with Gasteiger partial charge in [0.2, 0.25) is 5.91 Å². The maximum absolute atomic E-state index is 12.8. The van der Waals surface area contributed by atoms with Gasteiger partial charge in [0.05, 0.1) is 4.99 Å². The van der Waals surface area contributed by atoms with E-state index in [0.717, 1.165) is 31.5 Å². The van der Waals surface area contributed by atoms with Gasteiger partial charge in [-0.15, -0.1) is 0 Å². The van der Waals surface area contributed by atoms with Crippen molar-refractivity contribution in [3.63, 3.8) is 0 Å². The fourth-order valence-corrected chi connectivity index (χ4v) is 3.09. The van der Waals surface area contributed by atoms with E-state index in [4.69, 9.17) is 18.0 Å². The van der Waals surface area contributed by atoms with Gasteiger partial charge in [0, 0.05) is 13.1 Å². The third-order valence-corrected chi connectivity index (χ3v) is 4.31. The largest absolute Gasteiger partial charge is 0.392 e. The molecule has 108 valence electrons. The van der Waals surface area contributed by atoms with Crippen molar-refractivity contribution in [1.82, 2.24) is 4.90 Å². The second-order valence-corrected chi connectivity index (χ2v) is 5.92. The minimum atomic E-state index is -0.484. The molecule has 2 unspecified atom stereocenters. The average molecular weight is 290 g/mol. The van der Waals surface area contributed by atoms with Crippen LogP contribution >= 0.6 is 12.2 Å². The third-order valence-electron chi connectivity index (χ3n) is 4.07. The SMILES string of the molecule is CCC1CCCN(C(=O)C(C(N)=S)c2ccccc2)C1. The van der Waals surface area contributed by atoms with Crippen molar-refractivity contribution < 1.29 is 4.79 Å². The van der Waals surface area contributed by atoms with Crippen molar-refractivity contribution in [3.05, 3.63) is 35.9 Å². The predicted octanol–water partition coefficient (Wildman–Crippen LogP) is 2.70. The normalized spacial score (nSPS) is 20.4. The quantitative estimate of drug-likeness (QED) is 0.867. The maximum atomic E-state index is 12.8. The molecular weight excluding hydrogens is 268 g/mol. The Morgan fingerprint density at radius 1 is 1.45 bits per heavy atom. The first-order valence-corrected chi connectivity index (χ1v) is 7.67. The first-order valence-electron chi connectivity index (χ1n) is 7.26. The van der Waals surface area contributed by atoms with E-state index < -0.39 is 5.92 Å². The number of hydrogen-bond acceptors (Lipinski definition) is 2. The van der Waals surface area contributed by atoms with Crippen LogP contribution in [0, 0.1) is 5.92 Å². The molecule has 2 rings (SSSR count). The summed E-state index contributed by atoms with van der Waals surface area (Å²) in [6.45, 7) is 3.84. The molecule has 1 saturated heterocycles. The molecule has 2 atom stereocenters. The van der Waals surface area contributed by atoms with Gasteiger partial charge >= 0.3 is 0 Å². The Morgan fingerprint density at radius 2 is 2.15 bits per heavy atom. The van der Waals surface area contributed by atoms with Crippen LogP contribution in [-0.2, 0) is 4.79 Å². The molecule has 1 aliphatic rings. The minimum absolute atomic E-state index is 0.0573. The lowest BCUT2D eigenvalue weighted by atomic mass is 9.92. The predicted molar refractivity (Wildman–Crippen MR) is 85.6 cm³/mol. The monoisotopic (exact) mass is 290 g/mol.